The third-order valence-electron chi connectivity index (χ3n) is 3.04. The number of hydrogen-bond acceptors (Lipinski definition) is 2. The summed E-state index contributed by atoms with van der Waals surface area (Å²) in [6.45, 7) is 3.68. The van der Waals surface area contributed by atoms with E-state index in [0.29, 0.717) is 25.8 Å². The van der Waals surface area contributed by atoms with Gasteiger partial charge in [0.2, 0.25) is 0 Å². The summed E-state index contributed by atoms with van der Waals surface area (Å²) in [4.78, 5) is 4.31. The average molecular weight is 373 g/mol. The molecule has 0 saturated heterocycles. The van der Waals surface area contributed by atoms with Crippen LogP contribution in [0.2, 0.25) is 10.0 Å². The van der Waals surface area contributed by atoms with Crippen molar-refractivity contribution in [3.05, 3.63) is 55.5 Å². The molecule has 0 aliphatic rings. The summed E-state index contributed by atoms with van der Waals surface area (Å²) < 4.78 is 0.578. The minimum atomic E-state index is 0.125. The first-order chi connectivity index (χ1) is 9.43. The molecule has 2 aromatic carbocycles. The molecule has 0 aliphatic carbocycles. The summed E-state index contributed by atoms with van der Waals surface area (Å²) in [5.74, 6) is 0.125. The van der Waals surface area contributed by atoms with E-state index < -0.39 is 0 Å². The van der Waals surface area contributed by atoms with E-state index in [4.69, 9.17) is 23.2 Å². The Labute approximate surface area is 136 Å². The standard InChI is InChI=1S/C15H12BrCl2NO/c1-8-10(15(20)13(16)9(2)14(8)18)7-19-12-6-4-3-5-11(12)17/h3-7,20H,1-2H3. The number of rotatable bonds is 2. The highest BCUT2D eigenvalue weighted by molar-refractivity contribution is 9.10. The molecule has 104 valence electrons. The molecular weight excluding hydrogens is 361 g/mol. The van der Waals surface area contributed by atoms with Crippen LogP contribution in [0.5, 0.6) is 5.75 Å². The molecule has 2 rings (SSSR count). The van der Waals surface area contributed by atoms with E-state index in [9.17, 15) is 5.11 Å². The van der Waals surface area contributed by atoms with Gasteiger partial charge < -0.3 is 5.11 Å². The number of halogens is 3. The van der Waals surface area contributed by atoms with Gasteiger partial charge in [-0.3, -0.25) is 4.99 Å². The van der Waals surface area contributed by atoms with Crippen molar-refractivity contribution in [1.29, 1.82) is 0 Å². The van der Waals surface area contributed by atoms with E-state index in [1.54, 1.807) is 18.3 Å². The second-order valence-corrected chi connectivity index (χ2v) is 5.93. The normalized spacial score (nSPS) is 11.2. The van der Waals surface area contributed by atoms with Crippen LogP contribution in [0.1, 0.15) is 16.7 Å². The Kier molecular flexibility index (Phi) is 4.74. The second-order valence-electron chi connectivity index (χ2n) is 4.35. The average Bonchev–Trinajstić information content (AvgIpc) is 2.45. The van der Waals surface area contributed by atoms with Crippen molar-refractivity contribution in [2.24, 2.45) is 4.99 Å². The van der Waals surface area contributed by atoms with Gasteiger partial charge in [-0.1, -0.05) is 35.3 Å². The predicted octanol–water partition coefficient (Wildman–Crippen LogP) is 5.83. The van der Waals surface area contributed by atoms with Crippen molar-refractivity contribution >= 4 is 51.0 Å². The molecule has 2 nitrogen and oxygen atoms in total. The first-order valence-corrected chi connectivity index (χ1v) is 7.44. The molecule has 5 heteroatoms. The lowest BCUT2D eigenvalue weighted by Crippen LogP contribution is -1.94. The number of para-hydroxylation sites is 1. The molecule has 0 amide bonds. The third kappa shape index (κ3) is 2.85. The van der Waals surface area contributed by atoms with Crippen LogP contribution in [-0.4, -0.2) is 11.3 Å². The van der Waals surface area contributed by atoms with Gasteiger partial charge in [0.1, 0.15) is 5.75 Å². The SMILES string of the molecule is Cc1c(Cl)c(C)c(C=Nc2ccccc2Cl)c(O)c1Br. The van der Waals surface area contributed by atoms with Gasteiger partial charge in [-0.25, -0.2) is 0 Å². The van der Waals surface area contributed by atoms with Crippen LogP contribution in [0, 0.1) is 13.8 Å². The highest BCUT2D eigenvalue weighted by Gasteiger charge is 2.15. The second kappa shape index (κ2) is 6.17. The minimum absolute atomic E-state index is 0.125. The maximum absolute atomic E-state index is 10.2. The molecule has 0 radical (unpaired) electrons. The maximum atomic E-state index is 10.2. The molecule has 2 aromatic rings. The molecule has 0 aromatic heterocycles. The van der Waals surface area contributed by atoms with E-state index in [1.165, 1.54) is 0 Å². The Morgan fingerprint density at radius 3 is 2.45 bits per heavy atom. The lowest BCUT2D eigenvalue weighted by Gasteiger charge is -2.12. The number of phenols is 1. The van der Waals surface area contributed by atoms with Crippen LogP contribution in [0.15, 0.2) is 33.7 Å². The summed E-state index contributed by atoms with van der Waals surface area (Å²) in [5, 5.41) is 11.4. The largest absolute Gasteiger partial charge is 0.506 e. The monoisotopic (exact) mass is 371 g/mol. The van der Waals surface area contributed by atoms with Gasteiger partial charge in [0.05, 0.1) is 15.2 Å². The summed E-state index contributed by atoms with van der Waals surface area (Å²) in [6, 6.07) is 7.25. The Balaban J connectivity index is 2.53. The minimum Gasteiger partial charge on any atom is -0.506 e. The number of hydrogen-bond donors (Lipinski definition) is 1. The smallest absolute Gasteiger partial charge is 0.139 e. The highest BCUT2D eigenvalue weighted by atomic mass is 79.9. The molecule has 0 heterocycles. The maximum Gasteiger partial charge on any atom is 0.139 e. The summed E-state index contributed by atoms with van der Waals surface area (Å²) >= 11 is 15.6. The van der Waals surface area contributed by atoms with Gasteiger partial charge in [0, 0.05) is 16.8 Å². The zero-order chi connectivity index (χ0) is 14.9. The topological polar surface area (TPSA) is 32.6 Å². The van der Waals surface area contributed by atoms with Crippen molar-refractivity contribution in [3.63, 3.8) is 0 Å². The molecular formula is C15H12BrCl2NO. The van der Waals surface area contributed by atoms with Crippen LogP contribution in [-0.2, 0) is 0 Å². The predicted molar refractivity (Wildman–Crippen MR) is 89.0 cm³/mol. The van der Waals surface area contributed by atoms with Crippen LogP contribution in [0.4, 0.5) is 5.69 Å². The molecule has 0 atom stereocenters. The quantitative estimate of drug-likeness (QED) is 0.661. The first-order valence-electron chi connectivity index (χ1n) is 5.89. The van der Waals surface area contributed by atoms with Gasteiger partial charge in [-0.2, -0.15) is 0 Å². The van der Waals surface area contributed by atoms with Crippen molar-refractivity contribution in [3.8, 4) is 5.75 Å². The molecule has 0 aliphatic heterocycles. The van der Waals surface area contributed by atoms with E-state index in [1.807, 2.05) is 26.0 Å². The van der Waals surface area contributed by atoms with Gasteiger partial charge in [0.15, 0.2) is 0 Å². The van der Waals surface area contributed by atoms with Crippen LogP contribution in [0.25, 0.3) is 0 Å². The van der Waals surface area contributed by atoms with Crippen molar-refractivity contribution in [1.82, 2.24) is 0 Å². The molecule has 0 bridgehead atoms. The Morgan fingerprint density at radius 2 is 1.80 bits per heavy atom. The highest BCUT2D eigenvalue weighted by Crippen LogP contribution is 2.38. The molecule has 0 fully saturated rings. The number of phenolic OH excluding ortho intramolecular Hbond substituents is 1. The van der Waals surface area contributed by atoms with Crippen molar-refractivity contribution in [2.45, 2.75) is 13.8 Å². The molecule has 1 N–H and O–H groups in total. The summed E-state index contributed by atoms with van der Waals surface area (Å²) in [6.07, 6.45) is 1.57. The lowest BCUT2D eigenvalue weighted by atomic mass is 10.0. The van der Waals surface area contributed by atoms with E-state index in [-0.39, 0.29) is 5.75 Å². The van der Waals surface area contributed by atoms with E-state index in [0.717, 1.165) is 11.1 Å². The third-order valence-corrected chi connectivity index (χ3v) is 4.90. The number of aliphatic imine (C=N–C) groups is 1. The van der Waals surface area contributed by atoms with Gasteiger partial charge in [0.25, 0.3) is 0 Å². The van der Waals surface area contributed by atoms with Gasteiger partial charge in [-0.05, 0) is 53.0 Å². The van der Waals surface area contributed by atoms with Crippen LogP contribution in [0.3, 0.4) is 0 Å². The Hall–Kier alpha value is -1.03. The molecule has 0 saturated carbocycles. The van der Waals surface area contributed by atoms with E-state index in [2.05, 4.69) is 20.9 Å². The zero-order valence-electron chi connectivity index (χ0n) is 10.9. The fraction of sp³-hybridized carbons (Fsp3) is 0.133. The van der Waals surface area contributed by atoms with E-state index >= 15 is 0 Å². The van der Waals surface area contributed by atoms with Crippen molar-refractivity contribution < 1.29 is 5.11 Å². The Morgan fingerprint density at radius 1 is 1.15 bits per heavy atom. The lowest BCUT2D eigenvalue weighted by molar-refractivity contribution is 0.470. The fourth-order valence-corrected chi connectivity index (χ4v) is 2.72. The first kappa shape index (κ1) is 15.4. The van der Waals surface area contributed by atoms with Gasteiger partial charge >= 0.3 is 0 Å². The summed E-state index contributed by atoms with van der Waals surface area (Å²) in [5.41, 5.74) is 2.80. The number of nitrogens with zero attached hydrogens (tertiary/aromatic N) is 1. The molecule has 0 spiro atoms. The number of aromatic hydroxyl groups is 1. The fourth-order valence-electron chi connectivity index (χ4n) is 1.82. The van der Waals surface area contributed by atoms with Crippen LogP contribution < -0.4 is 0 Å². The Bertz CT molecular complexity index is 670. The van der Waals surface area contributed by atoms with Crippen molar-refractivity contribution in [2.75, 3.05) is 0 Å². The summed E-state index contributed by atoms with van der Waals surface area (Å²) in [7, 11) is 0. The molecule has 20 heavy (non-hydrogen) atoms. The molecule has 0 unspecified atom stereocenters. The number of benzene rings is 2. The van der Waals surface area contributed by atoms with Crippen LogP contribution >= 0.6 is 39.1 Å². The van der Waals surface area contributed by atoms with Gasteiger partial charge in [-0.15, -0.1) is 0 Å². The zero-order valence-corrected chi connectivity index (χ0v) is 14.0.